The molecule has 5 heteroatoms. The summed E-state index contributed by atoms with van der Waals surface area (Å²) in [6.07, 6.45) is 1.15. The van der Waals surface area contributed by atoms with E-state index in [0.29, 0.717) is 30.5 Å². The van der Waals surface area contributed by atoms with E-state index >= 15 is 0 Å². The van der Waals surface area contributed by atoms with Crippen molar-refractivity contribution in [1.82, 2.24) is 5.32 Å². The van der Waals surface area contributed by atoms with Crippen molar-refractivity contribution in [1.29, 1.82) is 0 Å². The molecule has 1 rings (SSSR count). The van der Waals surface area contributed by atoms with Crippen LogP contribution in [0.3, 0.4) is 0 Å². The molecule has 0 aliphatic rings. The second-order valence-corrected chi connectivity index (χ2v) is 4.64. The molecule has 1 amide bonds. The first-order valence-electron chi connectivity index (χ1n) is 6.22. The van der Waals surface area contributed by atoms with Gasteiger partial charge in [0.1, 0.15) is 5.75 Å². The van der Waals surface area contributed by atoms with Gasteiger partial charge in [-0.25, -0.2) is 0 Å². The highest BCUT2D eigenvalue weighted by atomic mass is 16.4. The molecular weight excluding hydrogens is 246 g/mol. The van der Waals surface area contributed by atoms with Crippen molar-refractivity contribution >= 4 is 11.9 Å². The van der Waals surface area contributed by atoms with E-state index in [1.807, 2.05) is 0 Å². The first-order valence-corrected chi connectivity index (χ1v) is 6.22. The molecule has 104 valence electrons. The molecule has 0 radical (unpaired) electrons. The topological polar surface area (TPSA) is 86.6 Å². The molecule has 19 heavy (non-hydrogen) atoms. The fourth-order valence-electron chi connectivity index (χ4n) is 1.73. The number of aromatic hydroxyl groups is 1. The van der Waals surface area contributed by atoms with Gasteiger partial charge in [0.05, 0.1) is 5.92 Å². The summed E-state index contributed by atoms with van der Waals surface area (Å²) in [7, 11) is 0. The van der Waals surface area contributed by atoms with Gasteiger partial charge in [-0.05, 0) is 43.5 Å². The average Bonchev–Trinajstić information content (AvgIpc) is 2.33. The monoisotopic (exact) mass is 265 g/mol. The lowest BCUT2D eigenvalue weighted by Crippen LogP contribution is -2.25. The third kappa shape index (κ3) is 4.62. The molecule has 3 N–H and O–H groups in total. The summed E-state index contributed by atoms with van der Waals surface area (Å²) in [4.78, 5) is 22.5. The number of benzene rings is 1. The minimum atomic E-state index is -0.819. The van der Waals surface area contributed by atoms with E-state index < -0.39 is 11.9 Å². The lowest BCUT2D eigenvalue weighted by molar-refractivity contribution is -0.141. The van der Waals surface area contributed by atoms with Gasteiger partial charge in [0.25, 0.3) is 5.91 Å². The summed E-state index contributed by atoms with van der Waals surface area (Å²) < 4.78 is 0. The van der Waals surface area contributed by atoms with Gasteiger partial charge in [0, 0.05) is 12.1 Å². The molecule has 0 heterocycles. The first-order chi connectivity index (χ1) is 8.91. The van der Waals surface area contributed by atoms with Crippen LogP contribution in [0.2, 0.25) is 0 Å². The van der Waals surface area contributed by atoms with Crippen LogP contribution in [0.15, 0.2) is 18.2 Å². The molecule has 0 spiro atoms. The number of aryl methyl sites for hydroxylation is 1. The van der Waals surface area contributed by atoms with E-state index in [-0.39, 0.29) is 11.7 Å². The fourth-order valence-corrected chi connectivity index (χ4v) is 1.73. The molecule has 5 nitrogen and oxygen atoms in total. The Hall–Kier alpha value is -2.04. The van der Waals surface area contributed by atoms with Crippen LogP contribution in [0.1, 0.15) is 35.7 Å². The van der Waals surface area contributed by atoms with Crippen molar-refractivity contribution in [3.63, 3.8) is 0 Å². The molecule has 0 bridgehead atoms. The Morgan fingerprint density at radius 2 is 2.05 bits per heavy atom. The molecule has 0 saturated carbocycles. The quantitative estimate of drug-likeness (QED) is 0.686. The SMILES string of the molecule is Cc1cc(O)ccc1C(=O)NCCCC(C)C(=O)O. The van der Waals surface area contributed by atoms with Gasteiger partial charge in [-0.2, -0.15) is 0 Å². The van der Waals surface area contributed by atoms with Gasteiger partial charge in [-0.1, -0.05) is 6.92 Å². The maximum atomic E-state index is 11.8. The Kier molecular flexibility index (Phi) is 5.36. The van der Waals surface area contributed by atoms with Crippen molar-refractivity contribution in [2.24, 2.45) is 5.92 Å². The highest BCUT2D eigenvalue weighted by Gasteiger charge is 2.11. The molecule has 0 fully saturated rings. The predicted molar refractivity (Wildman–Crippen MR) is 71.2 cm³/mol. The highest BCUT2D eigenvalue weighted by molar-refractivity contribution is 5.95. The van der Waals surface area contributed by atoms with Crippen LogP contribution < -0.4 is 5.32 Å². The summed E-state index contributed by atoms with van der Waals surface area (Å²) in [6, 6.07) is 4.57. The second-order valence-electron chi connectivity index (χ2n) is 4.64. The fraction of sp³-hybridized carbons (Fsp3) is 0.429. The predicted octanol–water partition coefficient (Wildman–Crippen LogP) is 1.93. The number of aliphatic carboxylic acids is 1. The van der Waals surface area contributed by atoms with Crippen LogP contribution >= 0.6 is 0 Å². The number of phenolic OH excluding ortho intramolecular Hbond substituents is 1. The number of carboxylic acids is 1. The number of rotatable bonds is 6. The molecular formula is C14H19NO4. The Labute approximate surface area is 112 Å². The van der Waals surface area contributed by atoms with Crippen molar-refractivity contribution in [2.45, 2.75) is 26.7 Å². The van der Waals surface area contributed by atoms with E-state index in [0.717, 1.165) is 0 Å². The Morgan fingerprint density at radius 3 is 2.63 bits per heavy atom. The summed E-state index contributed by atoms with van der Waals surface area (Å²) in [6.45, 7) is 3.84. The van der Waals surface area contributed by atoms with Crippen molar-refractivity contribution in [2.75, 3.05) is 6.54 Å². The maximum Gasteiger partial charge on any atom is 0.306 e. The highest BCUT2D eigenvalue weighted by Crippen LogP contribution is 2.15. The minimum absolute atomic E-state index is 0.129. The second kappa shape index (κ2) is 6.78. The van der Waals surface area contributed by atoms with Gasteiger partial charge < -0.3 is 15.5 Å². The standard InChI is InChI=1S/C14H19NO4/c1-9(14(18)19)4-3-7-15-13(17)12-6-5-11(16)8-10(12)2/h5-6,8-9,16H,3-4,7H2,1-2H3,(H,15,17)(H,18,19). The van der Waals surface area contributed by atoms with Crippen LogP contribution in [0.5, 0.6) is 5.75 Å². The Morgan fingerprint density at radius 1 is 1.37 bits per heavy atom. The van der Waals surface area contributed by atoms with E-state index in [4.69, 9.17) is 5.11 Å². The van der Waals surface area contributed by atoms with E-state index in [1.54, 1.807) is 19.9 Å². The Balaban J connectivity index is 2.41. The van der Waals surface area contributed by atoms with Gasteiger partial charge in [0.15, 0.2) is 0 Å². The maximum absolute atomic E-state index is 11.8. The van der Waals surface area contributed by atoms with Gasteiger partial charge in [-0.15, -0.1) is 0 Å². The van der Waals surface area contributed by atoms with Crippen LogP contribution in [0, 0.1) is 12.8 Å². The van der Waals surface area contributed by atoms with Crippen LogP contribution in [0.4, 0.5) is 0 Å². The molecule has 1 aromatic carbocycles. The minimum Gasteiger partial charge on any atom is -0.508 e. The first kappa shape index (κ1) is 15.0. The smallest absolute Gasteiger partial charge is 0.306 e. The number of nitrogens with one attached hydrogen (secondary N) is 1. The lowest BCUT2D eigenvalue weighted by atomic mass is 10.1. The number of carbonyl (C=O) groups excluding carboxylic acids is 1. The summed E-state index contributed by atoms with van der Waals surface area (Å²) in [5, 5.41) is 20.7. The number of amides is 1. The zero-order valence-corrected chi connectivity index (χ0v) is 11.1. The van der Waals surface area contributed by atoms with Gasteiger partial charge >= 0.3 is 5.97 Å². The lowest BCUT2D eigenvalue weighted by Gasteiger charge is -2.09. The number of phenols is 1. The average molecular weight is 265 g/mol. The van der Waals surface area contributed by atoms with Crippen molar-refractivity contribution in [3.05, 3.63) is 29.3 Å². The zero-order chi connectivity index (χ0) is 14.4. The third-order valence-corrected chi connectivity index (χ3v) is 2.98. The van der Waals surface area contributed by atoms with E-state index in [2.05, 4.69) is 5.32 Å². The normalized spacial score (nSPS) is 11.9. The van der Waals surface area contributed by atoms with Gasteiger partial charge in [0.2, 0.25) is 0 Å². The van der Waals surface area contributed by atoms with Crippen molar-refractivity contribution < 1.29 is 19.8 Å². The van der Waals surface area contributed by atoms with Crippen LogP contribution in [0.25, 0.3) is 0 Å². The van der Waals surface area contributed by atoms with Crippen LogP contribution in [-0.4, -0.2) is 28.6 Å². The molecule has 1 atom stereocenters. The largest absolute Gasteiger partial charge is 0.508 e. The molecule has 0 aliphatic heterocycles. The third-order valence-electron chi connectivity index (χ3n) is 2.98. The Bertz CT molecular complexity index is 471. The molecule has 0 aliphatic carbocycles. The molecule has 0 saturated heterocycles. The van der Waals surface area contributed by atoms with Gasteiger partial charge in [-0.3, -0.25) is 9.59 Å². The van der Waals surface area contributed by atoms with E-state index in [9.17, 15) is 14.7 Å². The molecule has 1 aromatic rings. The summed E-state index contributed by atoms with van der Waals surface area (Å²) in [5.41, 5.74) is 1.22. The zero-order valence-electron chi connectivity index (χ0n) is 11.1. The number of carbonyl (C=O) groups is 2. The molecule has 1 unspecified atom stereocenters. The molecule has 0 aromatic heterocycles. The number of hydrogen-bond donors (Lipinski definition) is 3. The van der Waals surface area contributed by atoms with E-state index in [1.165, 1.54) is 12.1 Å². The van der Waals surface area contributed by atoms with Crippen LogP contribution in [-0.2, 0) is 4.79 Å². The number of hydrogen-bond acceptors (Lipinski definition) is 3. The summed E-state index contributed by atoms with van der Waals surface area (Å²) >= 11 is 0. The summed E-state index contributed by atoms with van der Waals surface area (Å²) in [5.74, 6) is -1.29. The number of carboxylic acid groups (broad SMARTS) is 1. The van der Waals surface area contributed by atoms with Crippen molar-refractivity contribution in [3.8, 4) is 5.75 Å².